The second kappa shape index (κ2) is 6.19. The summed E-state index contributed by atoms with van der Waals surface area (Å²) < 4.78 is 5.23. The van der Waals surface area contributed by atoms with Gasteiger partial charge < -0.3 is 14.6 Å². The maximum atomic E-state index is 12.5. The molecule has 19 heavy (non-hydrogen) atoms. The summed E-state index contributed by atoms with van der Waals surface area (Å²) >= 11 is 0. The van der Waals surface area contributed by atoms with E-state index in [4.69, 9.17) is 4.42 Å². The number of nitrogens with one attached hydrogen (secondary N) is 1. The second-order valence-corrected chi connectivity index (χ2v) is 5.66. The molecule has 1 atom stereocenters. The Kier molecular flexibility index (Phi) is 4.58. The molecule has 1 saturated heterocycles. The third-order valence-corrected chi connectivity index (χ3v) is 3.42. The molecule has 1 fully saturated rings. The third kappa shape index (κ3) is 3.56. The second-order valence-electron chi connectivity index (χ2n) is 5.66. The van der Waals surface area contributed by atoms with Gasteiger partial charge in [0.15, 0.2) is 6.39 Å². The molecule has 1 aromatic rings. The van der Waals surface area contributed by atoms with E-state index in [1.807, 2.05) is 4.90 Å². The van der Waals surface area contributed by atoms with Crippen LogP contribution in [0.2, 0.25) is 0 Å². The number of carbonyl (C=O) groups excluding carboxylic acids is 1. The topological polar surface area (TPSA) is 58.4 Å². The molecule has 1 unspecified atom stereocenters. The first-order valence-corrected chi connectivity index (χ1v) is 7.00. The van der Waals surface area contributed by atoms with E-state index in [9.17, 15) is 4.79 Å². The first kappa shape index (κ1) is 14.1. The fraction of sp³-hybridized carbons (Fsp3) is 0.714. The van der Waals surface area contributed by atoms with Crippen LogP contribution in [0.4, 0.5) is 0 Å². The highest BCUT2D eigenvalue weighted by Gasteiger charge is 2.26. The van der Waals surface area contributed by atoms with Crippen molar-refractivity contribution in [2.75, 3.05) is 19.6 Å². The molecule has 1 aromatic heterocycles. The maximum Gasteiger partial charge on any atom is 0.291 e. The summed E-state index contributed by atoms with van der Waals surface area (Å²) in [5.41, 5.74) is 0.665. The monoisotopic (exact) mass is 265 g/mol. The average molecular weight is 265 g/mol. The smallest absolute Gasteiger partial charge is 0.291 e. The normalized spacial score (nSPS) is 19.1. The number of hydrogen-bond donors (Lipinski definition) is 1. The zero-order valence-corrected chi connectivity index (χ0v) is 12.0. The van der Waals surface area contributed by atoms with Crippen LogP contribution in [0, 0.1) is 12.8 Å². The van der Waals surface area contributed by atoms with E-state index in [0.29, 0.717) is 23.4 Å². The van der Waals surface area contributed by atoms with Gasteiger partial charge in [-0.3, -0.25) is 4.79 Å². The summed E-state index contributed by atoms with van der Waals surface area (Å²) in [6.07, 6.45) is 3.66. The van der Waals surface area contributed by atoms with Crippen molar-refractivity contribution in [1.82, 2.24) is 15.2 Å². The SMILES string of the molecule is Cc1ncoc1C(=O)N(CC(C)C)CC1CCCN1. The number of nitrogens with zero attached hydrogens (tertiary/aromatic N) is 2. The first-order valence-electron chi connectivity index (χ1n) is 7.00. The van der Waals surface area contributed by atoms with Crippen molar-refractivity contribution in [1.29, 1.82) is 0 Å². The molecule has 1 aliphatic rings. The van der Waals surface area contributed by atoms with Gasteiger partial charge >= 0.3 is 0 Å². The standard InChI is InChI=1S/C14H23N3O2/c1-10(2)7-17(8-12-5-4-6-15-12)14(18)13-11(3)16-9-19-13/h9-10,12,15H,4-8H2,1-3H3. The Labute approximate surface area is 114 Å². The summed E-state index contributed by atoms with van der Waals surface area (Å²) in [6, 6.07) is 0.408. The number of aryl methyl sites for hydroxylation is 1. The van der Waals surface area contributed by atoms with Crippen LogP contribution >= 0.6 is 0 Å². The average Bonchev–Trinajstić information content (AvgIpc) is 2.98. The van der Waals surface area contributed by atoms with E-state index in [1.165, 1.54) is 12.8 Å². The summed E-state index contributed by atoms with van der Waals surface area (Å²) in [4.78, 5) is 18.4. The number of carbonyl (C=O) groups is 1. The van der Waals surface area contributed by atoms with Crippen LogP contribution in [0.15, 0.2) is 10.8 Å². The number of rotatable bonds is 5. The van der Waals surface area contributed by atoms with Crippen molar-refractivity contribution in [2.45, 2.75) is 39.7 Å². The zero-order valence-electron chi connectivity index (χ0n) is 12.0. The lowest BCUT2D eigenvalue weighted by atomic mass is 10.1. The molecule has 5 heteroatoms. The number of hydrogen-bond acceptors (Lipinski definition) is 4. The lowest BCUT2D eigenvalue weighted by Crippen LogP contribution is -2.43. The van der Waals surface area contributed by atoms with Crippen molar-refractivity contribution >= 4 is 5.91 Å². The molecule has 0 radical (unpaired) electrons. The van der Waals surface area contributed by atoms with Gasteiger partial charge in [0.05, 0.1) is 5.69 Å². The minimum Gasteiger partial charge on any atom is -0.438 e. The van der Waals surface area contributed by atoms with Crippen LogP contribution in [0.1, 0.15) is 42.9 Å². The van der Waals surface area contributed by atoms with Gasteiger partial charge in [0.2, 0.25) is 5.76 Å². The van der Waals surface area contributed by atoms with E-state index in [1.54, 1.807) is 6.92 Å². The Morgan fingerprint density at radius 3 is 2.95 bits per heavy atom. The highest BCUT2D eigenvalue weighted by Crippen LogP contribution is 2.14. The van der Waals surface area contributed by atoms with Crippen LogP contribution in [0.5, 0.6) is 0 Å². The van der Waals surface area contributed by atoms with Crippen molar-refractivity contribution < 1.29 is 9.21 Å². The Morgan fingerprint density at radius 2 is 2.42 bits per heavy atom. The van der Waals surface area contributed by atoms with E-state index in [-0.39, 0.29) is 5.91 Å². The van der Waals surface area contributed by atoms with Gasteiger partial charge in [-0.05, 0) is 32.2 Å². The molecule has 0 spiro atoms. The minimum atomic E-state index is -0.0441. The van der Waals surface area contributed by atoms with Gasteiger partial charge in [-0.1, -0.05) is 13.8 Å². The molecule has 5 nitrogen and oxygen atoms in total. The molecular formula is C14H23N3O2. The first-order chi connectivity index (χ1) is 9.08. The van der Waals surface area contributed by atoms with Gasteiger partial charge in [-0.25, -0.2) is 4.98 Å². The highest BCUT2D eigenvalue weighted by atomic mass is 16.3. The molecule has 2 rings (SSSR count). The van der Waals surface area contributed by atoms with Gasteiger partial charge in [0, 0.05) is 19.1 Å². The van der Waals surface area contributed by atoms with E-state index >= 15 is 0 Å². The fourth-order valence-corrected chi connectivity index (χ4v) is 2.51. The zero-order chi connectivity index (χ0) is 13.8. The molecule has 1 aliphatic heterocycles. The number of amides is 1. The highest BCUT2D eigenvalue weighted by molar-refractivity contribution is 5.92. The maximum absolute atomic E-state index is 12.5. The van der Waals surface area contributed by atoms with Gasteiger partial charge in [0.25, 0.3) is 5.91 Å². The summed E-state index contributed by atoms with van der Waals surface area (Å²) in [5.74, 6) is 0.768. The van der Waals surface area contributed by atoms with Crippen molar-refractivity contribution in [3.63, 3.8) is 0 Å². The Bertz CT molecular complexity index is 422. The number of oxazole rings is 1. The Morgan fingerprint density at radius 1 is 1.63 bits per heavy atom. The van der Waals surface area contributed by atoms with Crippen molar-refractivity contribution in [3.05, 3.63) is 17.8 Å². The van der Waals surface area contributed by atoms with Crippen molar-refractivity contribution in [2.24, 2.45) is 5.92 Å². The Balaban J connectivity index is 2.07. The summed E-state index contributed by atoms with van der Waals surface area (Å²) in [6.45, 7) is 8.59. The quantitative estimate of drug-likeness (QED) is 0.882. The molecule has 0 bridgehead atoms. The number of aromatic nitrogens is 1. The molecule has 0 aliphatic carbocycles. The van der Waals surface area contributed by atoms with Crippen LogP contribution in [-0.2, 0) is 0 Å². The predicted octanol–water partition coefficient (Wildman–Crippen LogP) is 1.83. The van der Waals surface area contributed by atoms with Crippen LogP contribution < -0.4 is 5.32 Å². The fourth-order valence-electron chi connectivity index (χ4n) is 2.51. The Hall–Kier alpha value is -1.36. The minimum absolute atomic E-state index is 0.0441. The molecular weight excluding hydrogens is 242 g/mol. The van der Waals surface area contributed by atoms with Crippen LogP contribution in [-0.4, -0.2) is 41.5 Å². The van der Waals surface area contributed by atoms with Crippen LogP contribution in [0.3, 0.4) is 0 Å². The van der Waals surface area contributed by atoms with Crippen molar-refractivity contribution in [3.8, 4) is 0 Å². The lowest BCUT2D eigenvalue weighted by molar-refractivity contribution is 0.0688. The summed E-state index contributed by atoms with van der Waals surface area (Å²) in [5, 5.41) is 3.43. The predicted molar refractivity (Wildman–Crippen MR) is 73.0 cm³/mol. The van der Waals surface area contributed by atoms with E-state index < -0.39 is 0 Å². The van der Waals surface area contributed by atoms with Gasteiger partial charge in [0.1, 0.15) is 0 Å². The molecule has 106 valence electrons. The lowest BCUT2D eigenvalue weighted by Gasteiger charge is -2.26. The molecule has 1 amide bonds. The third-order valence-electron chi connectivity index (χ3n) is 3.42. The van der Waals surface area contributed by atoms with E-state index in [0.717, 1.165) is 26.1 Å². The largest absolute Gasteiger partial charge is 0.438 e. The van der Waals surface area contributed by atoms with E-state index in [2.05, 4.69) is 24.1 Å². The molecule has 0 aromatic carbocycles. The molecule has 2 heterocycles. The van der Waals surface area contributed by atoms with Gasteiger partial charge in [-0.15, -0.1) is 0 Å². The van der Waals surface area contributed by atoms with Crippen LogP contribution in [0.25, 0.3) is 0 Å². The summed E-state index contributed by atoms with van der Waals surface area (Å²) in [7, 11) is 0. The molecule has 0 saturated carbocycles. The molecule has 1 N–H and O–H groups in total. The van der Waals surface area contributed by atoms with Gasteiger partial charge in [-0.2, -0.15) is 0 Å².